The van der Waals surface area contributed by atoms with Gasteiger partial charge in [-0.2, -0.15) is 5.06 Å². The summed E-state index contributed by atoms with van der Waals surface area (Å²) in [7, 11) is 2.67. The van der Waals surface area contributed by atoms with Crippen molar-refractivity contribution in [3.05, 3.63) is 29.8 Å². The lowest BCUT2D eigenvalue weighted by Gasteiger charge is -2.19. The zero-order valence-electron chi connectivity index (χ0n) is 15.6. The van der Waals surface area contributed by atoms with Crippen molar-refractivity contribution in [1.82, 2.24) is 9.96 Å². The maximum atomic E-state index is 11.9. The molecule has 0 unspecified atom stereocenters. The first-order valence-corrected chi connectivity index (χ1v) is 7.56. The number of carboxylic acid groups (broad SMARTS) is 1. The highest BCUT2D eigenvalue weighted by Gasteiger charge is 2.13. The van der Waals surface area contributed by atoms with E-state index in [0.29, 0.717) is 10.8 Å². The lowest BCUT2D eigenvalue weighted by molar-refractivity contribution is -0.142. The van der Waals surface area contributed by atoms with Crippen molar-refractivity contribution in [3.63, 3.8) is 0 Å². The summed E-state index contributed by atoms with van der Waals surface area (Å²) in [4.78, 5) is 40.5. The number of rotatable bonds is 7. The Morgan fingerprint density at radius 2 is 1.88 bits per heavy atom. The van der Waals surface area contributed by atoms with Crippen molar-refractivity contribution in [3.8, 4) is 0 Å². The van der Waals surface area contributed by atoms with Crippen molar-refractivity contribution < 1.29 is 29.1 Å². The highest BCUT2D eigenvalue weighted by molar-refractivity contribution is 5.92. The van der Waals surface area contributed by atoms with Gasteiger partial charge in [-0.1, -0.05) is 26.0 Å². The quantitative estimate of drug-likeness (QED) is 0.575. The minimum absolute atomic E-state index is 0.0339. The van der Waals surface area contributed by atoms with E-state index >= 15 is 0 Å². The van der Waals surface area contributed by atoms with Gasteiger partial charge in [-0.25, -0.2) is 14.4 Å². The molecule has 25 heavy (non-hydrogen) atoms. The van der Waals surface area contributed by atoms with Gasteiger partial charge < -0.3 is 15.2 Å². The molecule has 1 rings (SSSR count). The first-order valence-electron chi connectivity index (χ1n) is 7.96. The molecule has 3 amide bonds. The molecule has 1 aromatic carbocycles. The third kappa shape index (κ3) is 7.08. The Labute approximate surface area is 147 Å². The third-order valence-corrected chi connectivity index (χ3v) is 3.12. The number of hydroxylamine groups is 2. The second-order valence-electron chi connectivity index (χ2n) is 5.61. The van der Waals surface area contributed by atoms with Crippen molar-refractivity contribution in [1.29, 1.82) is 1.43 Å². The van der Waals surface area contributed by atoms with Crippen molar-refractivity contribution >= 4 is 23.8 Å². The fourth-order valence-corrected chi connectivity index (χ4v) is 1.50. The van der Waals surface area contributed by atoms with Crippen LogP contribution in [0.3, 0.4) is 0 Å². The van der Waals surface area contributed by atoms with E-state index in [1.807, 2.05) is 0 Å². The molecule has 0 atom stereocenters. The van der Waals surface area contributed by atoms with Gasteiger partial charge in [0.25, 0.3) is 1.43 Å². The van der Waals surface area contributed by atoms with Crippen LogP contribution in [0.1, 0.15) is 19.4 Å². The fourth-order valence-electron chi connectivity index (χ4n) is 1.50. The molecule has 0 aliphatic rings. The van der Waals surface area contributed by atoms with Crippen LogP contribution in [0, 0.1) is 5.92 Å². The smallest absolute Gasteiger partial charge is 0.431 e. The maximum Gasteiger partial charge on any atom is 0.431 e. The van der Waals surface area contributed by atoms with Crippen LogP contribution in [0.5, 0.6) is 0 Å². The number of carbonyl (C=O) groups excluding carboxylic acids is 2. The Balaban J connectivity index is 2.42. The number of hydrogen-bond donors (Lipinski definition) is 2. The van der Waals surface area contributed by atoms with E-state index in [9.17, 15) is 14.4 Å². The monoisotopic (exact) mass is 354 g/mol. The summed E-state index contributed by atoms with van der Waals surface area (Å²) in [6.45, 7) is 3.38. The van der Waals surface area contributed by atoms with E-state index in [-0.39, 0.29) is 25.2 Å². The Hall–Kier alpha value is -2.81. The largest absolute Gasteiger partial charge is 0.463 e. The fraction of sp³-hybridized carbons (Fsp3) is 0.438. The molecule has 2 N–H and O–H groups in total. The van der Waals surface area contributed by atoms with Crippen LogP contribution in [-0.4, -0.2) is 54.0 Å². The number of benzene rings is 1. The zero-order chi connectivity index (χ0) is 19.7. The Kier molecular flexibility index (Phi) is 7.02. The molecule has 1 aromatic rings. The number of carbonyl (C=O) groups is 3. The highest BCUT2D eigenvalue weighted by atomic mass is 16.7. The van der Waals surface area contributed by atoms with E-state index in [0.717, 1.165) is 10.5 Å². The molecule has 0 radical (unpaired) electrons. The Morgan fingerprint density at radius 1 is 1.24 bits per heavy atom. The van der Waals surface area contributed by atoms with Gasteiger partial charge in [0.15, 0.2) is 6.73 Å². The molecule has 0 aliphatic carbocycles. The summed E-state index contributed by atoms with van der Waals surface area (Å²) < 4.78 is 11.6. The molecule has 138 valence electrons. The normalized spacial score (nSPS) is 10.7. The standard InChI is InChI=1S/C16H23N3O6/c1-11(2)14(20)17-13-7-5-12(6-8-13)9-24-16(23)18(3)10-25-19(4)15(21)22/h5-8,11H,9-10H2,1-4H3,(H,17,20)(H,21,22)/i/hD. The number of ether oxygens (including phenoxy) is 1. The molecule has 0 saturated heterocycles. The SMILES string of the molecule is [2H]OC(=O)N(C)OCN(C)C(=O)OCc1ccc(NC(=O)C(C)C)cc1. The number of nitrogens with one attached hydrogen (secondary N) is 1. The average molecular weight is 354 g/mol. The van der Waals surface area contributed by atoms with E-state index in [4.69, 9.17) is 11.0 Å². The van der Waals surface area contributed by atoms with Crippen LogP contribution in [0.2, 0.25) is 0 Å². The number of anilines is 1. The first kappa shape index (κ1) is 18.5. The third-order valence-electron chi connectivity index (χ3n) is 3.12. The Morgan fingerprint density at radius 3 is 2.44 bits per heavy atom. The molecule has 0 aromatic heterocycles. The second kappa shape index (κ2) is 9.48. The topological polar surface area (TPSA) is 108 Å². The van der Waals surface area contributed by atoms with Gasteiger partial charge in [-0.15, -0.1) is 0 Å². The number of nitrogens with zero attached hydrogens (tertiary/aromatic N) is 2. The lowest BCUT2D eigenvalue weighted by atomic mass is 10.2. The van der Waals surface area contributed by atoms with Crippen LogP contribution < -0.4 is 5.32 Å². The second-order valence-corrected chi connectivity index (χ2v) is 5.61. The van der Waals surface area contributed by atoms with E-state index in [1.54, 1.807) is 38.1 Å². The van der Waals surface area contributed by atoms with Gasteiger partial charge in [-0.3, -0.25) is 9.69 Å². The first-order chi connectivity index (χ1) is 12.2. The summed E-state index contributed by atoms with van der Waals surface area (Å²) in [5.41, 5.74) is 1.40. The van der Waals surface area contributed by atoms with Gasteiger partial charge in [0.2, 0.25) is 5.91 Å². The molecular formula is C16H23N3O6. The average Bonchev–Trinajstić information content (AvgIpc) is 2.63. The van der Waals surface area contributed by atoms with Crippen LogP contribution in [-0.2, 0) is 21.0 Å². The summed E-state index contributed by atoms with van der Waals surface area (Å²) >= 11 is 0. The number of hydrogen-bond acceptors (Lipinski definition) is 6. The lowest BCUT2D eigenvalue weighted by Crippen LogP contribution is -2.35. The Bertz CT molecular complexity index is 623. The minimum atomic E-state index is -1.02. The van der Waals surface area contributed by atoms with Gasteiger partial charge in [0, 0.05) is 25.7 Å². The van der Waals surface area contributed by atoms with E-state index in [2.05, 4.69) is 10.4 Å². The predicted octanol–water partition coefficient (Wildman–Crippen LogP) is 2.35. The molecular weight excluding hydrogens is 330 g/mol. The number of amides is 3. The van der Waals surface area contributed by atoms with Crippen molar-refractivity contribution in [2.24, 2.45) is 5.92 Å². The van der Waals surface area contributed by atoms with Gasteiger partial charge >= 0.3 is 12.2 Å². The van der Waals surface area contributed by atoms with Crippen molar-refractivity contribution in [2.75, 3.05) is 26.1 Å². The molecule has 0 spiro atoms. The van der Waals surface area contributed by atoms with E-state index in [1.165, 1.54) is 14.1 Å². The highest BCUT2D eigenvalue weighted by Crippen LogP contribution is 2.12. The van der Waals surface area contributed by atoms with Crippen LogP contribution in [0.4, 0.5) is 15.3 Å². The van der Waals surface area contributed by atoms with Crippen LogP contribution >= 0.6 is 0 Å². The molecule has 0 aliphatic heterocycles. The summed E-state index contributed by atoms with van der Waals surface area (Å²) in [5.74, 6) is -0.194. The zero-order valence-corrected chi connectivity index (χ0v) is 14.6. The molecule has 0 bridgehead atoms. The van der Waals surface area contributed by atoms with Gasteiger partial charge in [0.05, 0.1) is 0 Å². The van der Waals surface area contributed by atoms with E-state index < -0.39 is 12.2 Å². The predicted molar refractivity (Wildman–Crippen MR) is 89.6 cm³/mol. The minimum Gasteiger partial charge on any atom is -0.463 e. The van der Waals surface area contributed by atoms with Crippen LogP contribution in [0.15, 0.2) is 24.3 Å². The molecule has 9 nitrogen and oxygen atoms in total. The van der Waals surface area contributed by atoms with Crippen molar-refractivity contribution in [2.45, 2.75) is 20.5 Å². The molecule has 9 heteroatoms. The molecule has 0 fully saturated rings. The summed E-state index contributed by atoms with van der Waals surface area (Å²) in [6, 6.07) is 6.91. The summed E-state index contributed by atoms with van der Waals surface area (Å²) in [5, 5.41) is 7.15. The van der Waals surface area contributed by atoms with Crippen LogP contribution in [0.25, 0.3) is 1.43 Å². The summed E-state index contributed by atoms with van der Waals surface area (Å²) in [6.07, 6.45) is -1.67. The molecule has 0 saturated carbocycles. The molecule has 0 heterocycles. The van der Waals surface area contributed by atoms with Gasteiger partial charge in [-0.05, 0) is 17.7 Å². The maximum absolute atomic E-state index is 11.9. The van der Waals surface area contributed by atoms with Gasteiger partial charge in [0.1, 0.15) is 6.61 Å².